The van der Waals surface area contributed by atoms with E-state index in [2.05, 4.69) is 4.90 Å². The van der Waals surface area contributed by atoms with Gasteiger partial charge < -0.3 is 9.67 Å². The summed E-state index contributed by atoms with van der Waals surface area (Å²) < 4.78 is 1.88. The van der Waals surface area contributed by atoms with Gasteiger partial charge in [-0.2, -0.15) is 0 Å². The first-order valence-corrected chi connectivity index (χ1v) is 7.17. The van der Waals surface area contributed by atoms with Crippen molar-refractivity contribution >= 4 is 5.78 Å². The summed E-state index contributed by atoms with van der Waals surface area (Å²) in [6.45, 7) is 4.18. The van der Waals surface area contributed by atoms with Crippen molar-refractivity contribution in [3.05, 3.63) is 34.2 Å². The minimum absolute atomic E-state index is 0.0747. The lowest BCUT2D eigenvalue weighted by Gasteiger charge is -2.42. The Labute approximate surface area is 117 Å². The molecule has 2 aliphatic rings. The number of Topliss-reactive ketones (excluding diaryl/α,β-unsaturated/α-hetero) is 1. The normalized spacial score (nSPS) is 26.9. The first kappa shape index (κ1) is 13.5. The lowest BCUT2D eigenvalue weighted by atomic mass is 9.83. The zero-order valence-corrected chi connectivity index (χ0v) is 11.7. The molecular formula is C15H20N2O3. The summed E-state index contributed by atoms with van der Waals surface area (Å²) in [7, 11) is 0. The van der Waals surface area contributed by atoms with Gasteiger partial charge in [-0.15, -0.1) is 0 Å². The Morgan fingerprint density at radius 3 is 2.95 bits per heavy atom. The number of carbonyl (C=O) groups is 1. The van der Waals surface area contributed by atoms with E-state index in [1.807, 2.05) is 16.7 Å². The molecular weight excluding hydrogens is 256 g/mol. The monoisotopic (exact) mass is 276 g/mol. The largest absolute Gasteiger partial charge is 0.386 e. The van der Waals surface area contributed by atoms with Crippen LogP contribution < -0.4 is 5.56 Å². The number of aliphatic hydroxyl groups excluding tert-OH is 1. The van der Waals surface area contributed by atoms with Crippen LogP contribution in [0.15, 0.2) is 23.0 Å². The number of nitrogens with zero attached hydrogens (tertiary/aromatic N) is 2. The molecule has 3 atom stereocenters. The zero-order chi connectivity index (χ0) is 14.3. The van der Waals surface area contributed by atoms with Crippen molar-refractivity contribution in [3.8, 4) is 0 Å². The predicted molar refractivity (Wildman–Crippen MR) is 74.7 cm³/mol. The van der Waals surface area contributed by atoms with E-state index >= 15 is 0 Å². The van der Waals surface area contributed by atoms with E-state index in [9.17, 15) is 14.7 Å². The fourth-order valence-corrected chi connectivity index (χ4v) is 3.48. The Morgan fingerprint density at radius 2 is 2.20 bits per heavy atom. The number of fused-ring (bicyclic) bond motifs is 4. The van der Waals surface area contributed by atoms with E-state index < -0.39 is 6.10 Å². The summed E-state index contributed by atoms with van der Waals surface area (Å²) in [5.41, 5.74) is 1.16. The molecule has 2 aliphatic heterocycles. The van der Waals surface area contributed by atoms with Gasteiger partial charge >= 0.3 is 0 Å². The Kier molecular flexibility index (Phi) is 3.48. The van der Waals surface area contributed by atoms with Crippen molar-refractivity contribution in [1.29, 1.82) is 0 Å². The Balaban J connectivity index is 1.80. The maximum absolute atomic E-state index is 11.9. The molecule has 1 saturated heterocycles. The SMILES string of the molecule is CC(O)C(=O)CN1CC2CC(C1)c1cccc(=O)n1C2. The van der Waals surface area contributed by atoms with Gasteiger partial charge in [-0.1, -0.05) is 6.07 Å². The molecule has 0 saturated carbocycles. The van der Waals surface area contributed by atoms with Crippen LogP contribution in [0, 0.1) is 5.92 Å². The smallest absolute Gasteiger partial charge is 0.250 e. The average Bonchev–Trinajstić information content (AvgIpc) is 2.40. The summed E-state index contributed by atoms with van der Waals surface area (Å²) in [6, 6.07) is 5.44. The van der Waals surface area contributed by atoms with Crippen molar-refractivity contribution < 1.29 is 9.90 Å². The van der Waals surface area contributed by atoms with E-state index in [-0.39, 0.29) is 11.3 Å². The third-order valence-corrected chi connectivity index (χ3v) is 4.40. The first-order valence-electron chi connectivity index (χ1n) is 7.17. The van der Waals surface area contributed by atoms with Crippen LogP contribution in [0.1, 0.15) is 25.0 Å². The molecule has 1 aromatic rings. The highest BCUT2D eigenvalue weighted by Gasteiger charge is 2.35. The number of rotatable bonds is 3. The van der Waals surface area contributed by atoms with Gasteiger partial charge in [0.1, 0.15) is 6.10 Å². The molecule has 1 aromatic heterocycles. The molecule has 20 heavy (non-hydrogen) atoms. The van der Waals surface area contributed by atoms with E-state index in [1.54, 1.807) is 6.07 Å². The molecule has 5 nitrogen and oxygen atoms in total. The van der Waals surface area contributed by atoms with Crippen LogP contribution in [0.4, 0.5) is 0 Å². The van der Waals surface area contributed by atoms with Gasteiger partial charge in [0.15, 0.2) is 5.78 Å². The number of piperidine rings is 1. The summed E-state index contributed by atoms with van der Waals surface area (Å²) in [6.07, 6.45) is 0.190. The predicted octanol–water partition coefficient (Wildman–Crippen LogP) is 0.217. The molecule has 2 bridgehead atoms. The van der Waals surface area contributed by atoms with Crippen LogP contribution in [0.25, 0.3) is 0 Å². The number of likely N-dealkylation sites (tertiary alicyclic amines) is 1. The average molecular weight is 276 g/mol. The molecule has 0 aromatic carbocycles. The summed E-state index contributed by atoms with van der Waals surface area (Å²) >= 11 is 0. The van der Waals surface area contributed by atoms with E-state index in [0.29, 0.717) is 18.4 Å². The third-order valence-electron chi connectivity index (χ3n) is 4.40. The maximum Gasteiger partial charge on any atom is 0.250 e. The topological polar surface area (TPSA) is 62.5 Å². The Bertz CT molecular complexity index is 579. The molecule has 3 unspecified atom stereocenters. The zero-order valence-electron chi connectivity index (χ0n) is 11.7. The van der Waals surface area contributed by atoms with E-state index in [1.165, 1.54) is 6.92 Å². The minimum atomic E-state index is -0.897. The molecule has 3 heterocycles. The van der Waals surface area contributed by atoms with Crippen LogP contribution in [0.2, 0.25) is 0 Å². The van der Waals surface area contributed by atoms with Crippen LogP contribution in [-0.4, -0.2) is 46.1 Å². The van der Waals surface area contributed by atoms with Gasteiger partial charge in [0, 0.05) is 37.3 Å². The highest BCUT2D eigenvalue weighted by molar-refractivity contribution is 5.84. The summed E-state index contributed by atoms with van der Waals surface area (Å²) in [5.74, 6) is 0.608. The van der Waals surface area contributed by atoms with E-state index in [0.717, 1.165) is 31.7 Å². The number of carbonyl (C=O) groups excluding carboxylic acids is 1. The molecule has 0 aliphatic carbocycles. The maximum atomic E-state index is 11.9. The molecule has 5 heteroatoms. The number of hydrogen-bond acceptors (Lipinski definition) is 4. The van der Waals surface area contributed by atoms with Crippen molar-refractivity contribution in [2.75, 3.05) is 19.6 Å². The van der Waals surface area contributed by atoms with Crippen LogP contribution in [0.5, 0.6) is 0 Å². The second-order valence-corrected chi connectivity index (χ2v) is 6.03. The summed E-state index contributed by atoms with van der Waals surface area (Å²) in [5, 5.41) is 9.33. The van der Waals surface area contributed by atoms with Crippen LogP contribution >= 0.6 is 0 Å². The number of aliphatic hydroxyl groups is 1. The number of ketones is 1. The Morgan fingerprint density at radius 1 is 1.40 bits per heavy atom. The number of pyridine rings is 1. The van der Waals surface area contributed by atoms with Gasteiger partial charge in [0.25, 0.3) is 5.56 Å². The lowest BCUT2D eigenvalue weighted by molar-refractivity contribution is -0.128. The molecule has 1 N–H and O–H groups in total. The minimum Gasteiger partial charge on any atom is -0.386 e. The molecule has 0 amide bonds. The second kappa shape index (κ2) is 5.14. The standard InChI is InChI=1S/C15H20N2O3/c1-10(18)14(19)9-16-6-11-5-12(8-16)13-3-2-4-15(20)17(13)7-11/h2-4,10-12,18H,5-9H2,1H3. The van der Waals surface area contributed by atoms with Crippen molar-refractivity contribution in [2.45, 2.75) is 31.9 Å². The molecule has 1 fully saturated rings. The highest BCUT2D eigenvalue weighted by Crippen LogP contribution is 2.34. The van der Waals surface area contributed by atoms with Gasteiger partial charge in [0.2, 0.25) is 0 Å². The first-order chi connectivity index (χ1) is 9.54. The lowest BCUT2D eigenvalue weighted by Crippen LogP contribution is -2.49. The molecule has 0 spiro atoms. The van der Waals surface area contributed by atoms with Crippen molar-refractivity contribution in [1.82, 2.24) is 9.47 Å². The van der Waals surface area contributed by atoms with Gasteiger partial charge in [-0.3, -0.25) is 14.5 Å². The van der Waals surface area contributed by atoms with Gasteiger partial charge in [-0.05, 0) is 25.3 Å². The number of hydrogen-bond donors (Lipinski definition) is 1. The number of aromatic nitrogens is 1. The highest BCUT2D eigenvalue weighted by atomic mass is 16.3. The molecule has 0 radical (unpaired) electrons. The van der Waals surface area contributed by atoms with Crippen LogP contribution in [-0.2, 0) is 11.3 Å². The van der Waals surface area contributed by atoms with Crippen molar-refractivity contribution in [3.63, 3.8) is 0 Å². The summed E-state index contributed by atoms with van der Waals surface area (Å²) in [4.78, 5) is 25.7. The molecule has 108 valence electrons. The molecule has 3 rings (SSSR count). The van der Waals surface area contributed by atoms with Crippen LogP contribution in [0.3, 0.4) is 0 Å². The quantitative estimate of drug-likeness (QED) is 0.857. The second-order valence-electron chi connectivity index (χ2n) is 6.03. The fraction of sp³-hybridized carbons (Fsp3) is 0.600. The third kappa shape index (κ3) is 2.43. The Hall–Kier alpha value is -1.46. The fourth-order valence-electron chi connectivity index (χ4n) is 3.48. The van der Waals surface area contributed by atoms with E-state index in [4.69, 9.17) is 0 Å². The van der Waals surface area contributed by atoms with Crippen molar-refractivity contribution in [2.24, 2.45) is 5.92 Å². The van der Waals surface area contributed by atoms with Gasteiger partial charge in [-0.25, -0.2) is 0 Å². The van der Waals surface area contributed by atoms with Gasteiger partial charge in [0.05, 0.1) is 6.54 Å².